The summed E-state index contributed by atoms with van der Waals surface area (Å²) in [6, 6.07) is 0.297. The number of aliphatic hydroxyl groups is 1. The molecular formula is C12H24N4OS. The van der Waals surface area contributed by atoms with E-state index in [1.54, 1.807) is 0 Å². The number of aryl methyl sites for hydroxylation is 1. The van der Waals surface area contributed by atoms with Crippen molar-refractivity contribution in [2.24, 2.45) is 0 Å². The molecule has 0 aromatic carbocycles. The highest BCUT2D eigenvalue weighted by molar-refractivity contribution is 7.99. The van der Waals surface area contributed by atoms with Crippen LogP contribution in [0.15, 0.2) is 0 Å². The van der Waals surface area contributed by atoms with Crippen molar-refractivity contribution < 1.29 is 5.11 Å². The summed E-state index contributed by atoms with van der Waals surface area (Å²) in [4.78, 5) is 0. The van der Waals surface area contributed by atoms with Crippen LogP contribution in [0.3, 0.4) is 0 Å². The Bertz CT molecular complexity index is 365. The molecule has 0 aliphatic carbocycles. The van der Waals surface area contributed by atoms with Gasteiger partial charge in [-0.25, -0.2) is 4.68 Å². The van der Waals surface area contributed by atoms with Gasteiger partial charge in [-0.15, -0.1) is 0 Å². The molecule has 6 heteroatoms. The van der Waals surface area contributed by atoms with Crippen LogP contribution in [0.25, 0.3) is 0 Å². The normalized spacial score (nSPS) is 11.2. The van der Waals surface area contributed by atoms with E-state index in [1.807, 2.05) is 23.4 Å². The smallest absolute Gasteiger partial charge is 0.148 e. The summed E-state index contributed by atoms with van der Waals surface area (Å²) in [6.07, 6.45) is 0.857. The average Bonchev–Trinajstić information content (AvgIpc) is 2.61. The lowest BCUT2D eigenvalue weighted by Gasteiger charge is -2.13. The predicted molar refractivity (Wildman–Crippen MR) is 79.3 cm³/mol. The average molecular weight is 272 g/mol. The third-order valence-electron chi connectivity index (χ3n) is 2.61. The maximum absolute atomic E-state index is 8.68. The number of aliphatic hydroxyl groups excluding tert-OH is 1. The second kappa shape index (κ2) is 7.53. The Morgan fingerprint density at radius 2 is 2.17 bits per heavy atom. The monoisotopic (exact) mass is 272 g/mol. The highest BCUT2D eigenvalue weighted by atomic mass is 32.2. The first-order valence-corrected chi connectivity index (χ1v) is 7.50. The van der Waals surface area contributed by atoms with Gasteiger partial charge in [0.05, 0.1) is 11.4 Å². The lowest BCUT2D eigenvalue weighted by Crippen LogP contribution is -2.13. The van der Waals surface area contributed by atoms with Crippen molar-refractivity contribution >= 4 is 23.3 Å². The highest BCUT2D eigenvalue weighted by Crippen LogP contribution is 2.25. The fourth-order valence-electron chi connectivity index (χ4n) is 1.62. The molecule has 0 unspecified atom stereocenters. The quantitative estimate of drug-likeness (QED) is 0.630. The molecule has 0 spiro atoms. The second-order valence-corrected chi connectivity index (χ2v) is 5.73. The molecule has 0 saturated heterocycles. The summed E-state index contributed by atoms with van der Waals surface area (Å²) in [7, 11) is 0. The lowest BCUT2D eigenvalue weighted by molar-refractivity contribution is 0.296. The van der Waals surface area contributed by atoms with Crippen molar-refractivity contribution in [2.75, 3.05) is 35.7 Å². The Kier molecular flexibility index (Phi) is 6.35. The Balaban J connectivity index is 2.46. The predicted octanol–water partition coefficient (Wildman–Crippen LogP) is 1.88. The highest BCUT2D eigenvalue weighted by Gasteiger charge is 2.13. The number of hydrogen-bond acceptors (Lipinski definition) is 5. The molecule has 18 heavy (non-hydrogen) atoms. The second-order valence-electron chi connectivity index (χ2n) is 4.50. The molecule has 1 rings (SSSR count). The zero-order valence-electron chi connectivity index (χ0n) is 11.4. The first kappa shape index (κ1) is 15.2. The van der Waals surface area contributed by atoms with E-state index in [4.69, 9.17) is 10.8 Å². The number of hydrogen-bond donors (Lipinski definition) is 3. The van der Waals surface area contributed by atoms with Gasteiger partial charge in [-0.05, 0) is 32.9 Å². The third-order valence-corrected chi connectivity index (χ3v) is 3.68. The number of nitrogens with one attached hydrogen (secondary N) is 1. The van der Waals surface area contributed by atoms with Crippen LogP contribution < -0.4 is 11.1 Å². The molecule has 4 N–H and O–H groups in total. The van der Waals surface area contributed by atoms with Gasteiger partial charge in [0.2, 0.25) is 0 Å². The van der Waals surface area contributed by atoms with Crippen molar-refractivity contribution in [2.45, 2.75) is 33.2 Å². The number of nitrogens with zero attached hydrogens (tertiary/aromatic N) is 2. The van der Waals surface area contributed by atoms with E-state index in [9.17, 15) is 0 Å². The van der Waals surface area contributed by atoms with E-state index in [1.165, 1.54) is 0 Å². The molecule has 0 amide bonds. The Hall–Kier alpha value is -0.880. The summed E-state index contributed by atoms with van der Waals surface area (Å²) in [6.45, 7) is 7.24. The summed E-state index contributed by atoms with van der Waals surface area (Å²) >= 11 is 1.83. The number of anilines is 2. The first-order valence-electron chi connectivity index (χ1n) is 6.35. The van der Waals surface area contributed by atoms with Gasteiger partial charge >= 0.3 is 0 Å². The molecule has 1 heterocycles. The Labute approximate surface area is 113 Å². The van der Waals surface area contributed by atoms with Gasteiger partial charge in [0.15, 0.2) is 0 Å². The van der Waals surface area contributed by atoms with Crippen molar-refractivity contribution in [1.82, 2.24) is 9.78 Å². The zero-order valence-corrected chi connectivity index (χ0v) is 12.3. The molecule has 0 aliphatic heterocycles. The van der Waals surface area contributed by atoms with Crippen molar-refractivity contribution in [1.29, 1.82) is 0 Å². The Morgan fingerprint density at radius 1 is 1.44 bits per heavy atom. The van der Waals surface area contributed by atoms with Gasteiger partial charge in [0, 0.05) is 24.9 Å². The number of nitrogen functional groups attached to an aromatic ring is 1. The minimum atomic E-state index is 0.271. The molecule has 1 aromatic rings. The summed E-state index contributed by atoms with van der Waals surface area (Å²) in [5.41, 5.74) is 7.63. The van der Waals surface area contributed by atoms with Gasteiger partial charge in [0.1, 0.15) is 5.82 Å². The molecule has 0 fully saturated rings. The van der Waals surface area contributed by atoms with Gasteiger partial charge in [-0.1, -0.05) is 0 Å². The topological polar surface area (TPSA) is 76.1 Å². The Morgan fingerprint density at radius 3 is 2.78 bits per heavy atom. The molecular weight excluding hydrogens is 248 g/mol. The SMILES string of the molecule is Cc1nn(C(C)C)c(NCCSCCCO)c1N. The van der Waals surface area contributed by atoms with Crippen LogP contribution in [-0.2, 0) is 0 Å². The number of thioether (sulfide) groups is 1. The van der Waals surface area contributed by atoms with Crippen LogP contribution in [0.1, 0.15) is 32.0 Å². The maximum atomic E-state index is 8.68. The lowest BCUT2D eigenvalue weighted by atomic mass is 10.3. The number of nitrogens with two attached hydrogens (primary N) is 1. The fraction of sp³-hybridized carbons (Fsp3) is 0.750. The van der Waals surface area contributed by atoms with Gasteiger partial charge in [-0.3, -0.25) is 0 Å². The third kappa shape index (κ3) is 4.10. The number of aromatic nitrogens is 2. The fourth-order valence-corrected chi connectivity index (χ4v) is 2.40. The van der Waals surface area contributed by atoms with E-state index >= 15 is 0 Å². The van der Waals surface area contributed by atoms with Crippen LogP contribution in [-0.4, -0.2) is 39.5 Å². The molecule has 0 radical (unpaired) electrons. The van der Waals surface area contributed by atoms with Crippen molar-refractivity contribution in [3.05, 3.63) is 5.69 Å². The zero-order chi connectivity index (χ0) is 13.5. The summed E-state index contributed by atoms with van der Waals surface area (Å²) in [5.74, 6) is 2.92. The van der Waals surface area contributed by atoms with Crippen molar-refractivity contribution in [3.8, 4) is 0 Å². The minimum absolute atomic E-state index is 0.271. The number of rotatable bonds is 8. The molecule has 1 aromatic heterocycles. The van der Waals surface area contributed by atoms with Crippen LogP contribution in [0, 0.1) is 6.92 Å². The van der Waals surface area contributed by atoms with Crippen molar-refractivity contribution in [3.63, 3.8) is 0 Å². The minimum Gasteiger partial charge on any atom is -0.396 e. The van der Waals surface area contributed by atoms with Crippen LogP contribution in [0.2, 0.25) is 0 Å². The molecule has 0 saturated carbocycles. The summed E-state index contributed by atoms with van der Waals surface area (Å²) < 4.78 is 1.93. The van der Waals surface area contributed by atoms with E-state index in [0.717, 1.165) is 41.7 Å². The molecule has 0 atom stereocenters. The van der Waals surface area contributed by atoms with E-state index in [-0.39, 0.29) is 6.61 Å². The largest absolute Gasteiger partial charge is 0.396 e. The summed E-state index contributed by atoms with van der Waals surface area (Å²) in [5, 5.41) is 16.5. The maximum Gasteiger partial charge on any atom is 0.148 e. The van der Waals surface area contributed by atoms with E-state index in [2.05, 4.69) is 24.3 Å². The van der Waals surface area contributed by atoms with Gasteiger partial charge < -0.3 is 16.2 Å². The molecule has 0 bridgehead atoms. The van der Waals surface area contributed by atoms with Crippen LogP contribution >= 0.6 is 11.8 Å². The standard InChI is InChI=1S/C12H24N4OS/c1-9(2)16-12(11(13)10(3)15-16)14-5-8-18-7-4-6-17/h9,14,17H,4-8,13H2,1-3H3. The van der Waals surface area contributed by atoms with Gasteiger partial charge in [-0.2, -0.15) is 16.9 Å². The van der Waals surface area contributed by atoms with Crippen LogP contribution in [0.4, 0.5) is 11.5 Å². The van der Waals surface area contributed by atoms with E-state index in [0.29, 0.717) is 6.04 Å². The van der Waals surface area contributed by atoms with Gasteiger partial charge in [0.25, 0.3) is 0 Å². The van der Waals surface area contributed by atoms with Crippen LogP contribution in [0.5, 0.6) is 0 Å². The molecule has 5 nitrogen and oxygen atoms in total. The van der Waals surface area contributed by atoms with E-state index < -0.39 is 0 Å². The molecule has 0 aliphatic rings. The molecule has 104 valence electrons. The first-order chi connectivity index (χ1) is 8.57.